The molecule has 2 heteroatoms. The number of aromatic nitrogens is 1. The highest BCUT2D eigenvalue weighted by Crippen LogP contribution is 2.22. The molecule has 2 rings (SSSR count). The normalized spacial score (nSPS) is 17.1. The first kappa shape index (κ1) is 8.70. The Morgan fingerprint density at radius 2 is 2.31 bits per heavy atom. The summed E-state index contributed by atoms with van der Waals surface area (Å²) in [5.74, 6) is 0. The quantitative estimate of drug-likeness (QED) is 0.749. The third-order valence-corrected chi connectivity index (χ3v) is 2.68. The fourth-order valence-corrected chi connectivity index (χ4v) is 1.83. The zero-order chi connectivity index (χ0) is 9.26. The van der Waals surface area contributed by atoms with Gasteiger partial charge in [0.2, 0.25) is 0 Å². The van der Waals surface area contributed by atoms with Crippen LogP contribution in [0.2, 0.25) is 0 Å². The molecule has 0 spiro atoms. The van der Waals surface area contributed by atoms with Crippen molar-refractivity contribution in [2.24, 2.45) is 0 Å². The maximum atomic E-state index is 9.60. The lowest BCUT2D eigenvalue weighted by Crippen LogP contribution is -2.01. The molecule has 1 aromatic rings. The number of aliphatic hydroxyl groups is 1. The summed E-state index contributed by atoms with van der Waals surface area (Å²) in [7, 11) is 0. The first-order valence-electron chi connectivity index (χ1n) is 4.98. The molecule has 1 aromatic heterocycles. The molecule has 0 unspecified atom stereocenters. The summed E-state index contributed by atoms with van der Waals surface area (Å²) in [6, 6.07) is 4.07. The number of pyridine rings is 1. The minimum absolute atomic E-state index is 0.383. The molecule has 2 nitrogen and oxygen atoms in total. The Morgan fingerprint density at radius 3 is 3.08 bits per heavy atom. The first-order valence-corrected chi connectivity index (χ1v) is 4.98. The van der Waals surface area contributed by atoms with E-state index in [9.17, 15) is 5.11 Å². The van der Waals surface area contributed by atoms with Gasteiger partial charge in [0.1, 0.15) is 0 Å². The smallest absolute Gasteiger partial charge is 0.0957 e. The summed E-state index contributed by atoms with van der Waals surface area (Å²) in [6.45, 7) is 1.97. The van der Waals surface area contributed by atoms with Gasteiger partial charge < -0.3 is 5.11 Å². The van der Waals surface area contributed by atoms with Crippen LogP contribution in [0.25, 0.3) is 0 Å². The molecular weight excluding hydrogens is 162 g/mol. The topological polar surface area (TPSA) is 33.1 Å². The van der Waals surface area contributed by atoms with E-state index in [0.29, 0.717) is 0 Å². The molecule has 0 fully saturated rings. The van der Waals surface area contributed by atoms with E-state index in [1.807, 2.05) is 13.0 Å². The molecule has 1 atom stereocenters. The zero-order valence-electron chi connectivity index (χ0n) is 7.95. The number of aryl methyl sites for hydroxylation is 2. The number of rotatable bonds is 2. The number of hydrogen-bond donors (Lipinski definition) is 1. The average Bonchev–Trinajstić information content (AvgIpc) is 2.63. The minimum atomic E-state index is -0.383. The number of nitrogens with zero attached hydrogens (tertiary/aromatic N) is 1. The Bertz CT molecular complexity index is 309. The Balaban J connectivity index is 2.30. The predicted octanol–water partition coefficient (Wildman–Crippen LogP) is 2.01. The van der Waals surface area contributed by atoms with Crippen LogP contribution in [0.1, 0.15) is 42.8 Å². The van der Waals surface area contributed by atoms with Crippen molar-refractivity contribution in [3.8, 4) is 0 Å². The van der Waals surface area contributed by atoms with Crippen molar-refractivity contribution < 1.29 is 5.11 Å². The third-order valence-electron chi connectivity index (χ3n) is 2.68. The lowest BCUT2D eigenvalue weighted by molar-refractivity contribution is 0.168. The number of hydrogen-bond acceptors (Lipinski definition) is 2. The van der Waals surface area contributed by atoms with E-state index in [4.69, 9.17) is 0 Å². The maximum Gasteiger partial charge on any atom is 0.0957 e. The molecule has 0 bridgehead atoms. The van der Waals surface area contributed by atoms with Crippen LogP contribution in [0.3, 0.4) is 0 Å². The van der Waals surface area contributed by atoms with Crippen molar-refractivity contribution in [3.05, 3.63) is 29.1 Å². The van der Waals surface area contributed by atoms with E-state index in [1.54, 1.807) is 0 Å². The highest BCUT2D eigenvalue weighted by Gasteiger charge is 2.14. The molecule has 1 aliphatic carbocycles. The van der Waals surface area contributed by atoms with Crippen molar-refractivity contribution in [2.45, 2.75) is 38.7 Å². The standard InChI is InChI=1S/C11H15NO/c1-2-11(13)10-7-6-8-4-3-5-9(8)12-10/h6-7,11,13H,2-5H2,1H3/t11-/m1/s1. The van der Waals surface area contributed by atoms with Gasteiger partial charge in [-0.1, -0.05) is 13.0 Å². The van der Waals surface area contributed by atoms with Crippen LogP contribution in [0.4, 0.5) is 0 Å². The van der Waals surface area contributed by atoms with Crippen molar-refractivity contribution in [3.63, 3.8) is 0 Å². The van der Waals surface area contributed by atoms with Crippen LogP contribution < -0.4 is 0 Å². The maximum absolute atomic E-state index is 9.60. The van der Waals surface area contributed by atoms with Crippen molar-refractivity contribution in [1.29, 1.82) is 0 Å². The van der Waals surface area contributed by atoms with E-state index < -0.39 is 0 Å². The van der Waals surface area contributed by atoms with Gasteiger partial charge in [-0.05, 0) is 37.3 Å². The molecule has 1 N–H and O–H groups in total. The van der Waals surface area contributed by atoms with Gasteiger partial charge in [-0.25, -0.2) is 0 Å². The molecule has 0 amide bonds. The highest BCUT2D eigenvalue weighted by molar-refractivity contribution is 5.27. The molecule has 0 saturated carbocycles. The van der Waals surface area contributed by atoms with Gasteiger partial charge in [0, 0.05) is 5.69 Å². The largest absolute Gasteiger partial charge is 0.387 e. The fourth-order valence-electron chi connectivity index (χ4n) is 1.83. The monoisotopic (exact) mass is 177 g/mol. The lowest BCUT2D eigenvalue weighted by Gasteiger charge is -2.08. The second-order valence-electron chi connectivity index (χ2n) is 3.62. The number of fused-ring (bicyclic) bond motifs is 1. The summed E-state index contributed by atoms with van der Waals surface area (Å²) in [5.41, 5.74) is 3.40. The number of aliphatic hydroxyl groups excluding tert-OH is 1. The Hall–Kier alpha value is -0.890. The summed E-state index contributed by atoms with van der Waals surface area (Å²) in [5, 5.41) is 9.60. The van der Waals surface area contributed by atoms with Crippen LogP contribution in [-0.4, -0.2) is 10.1 Å². The Morgan fingerprint density at radius 1 is 1.46 bits per heavy atom. The van der Waals surface area contributed by atoms with Gasteiger partial charge in [-0.15, -0.1) is 0 Å². The van der Waals surface area contributed by atoms with E-state index in [1.165, 1.54) is 17.7 Å². The molecule has 1 aliphatic rings. The SMILES string of the molecule is CC[C@@H](O)c1ccc2c(n1)CCC2. The third kappa shape index (κ3) is 1.59. The van der Waals surface area contributed by atoms with Gasteiger partial charge >= 0.3 is 0 Å². The minimum Gasteiger partial charge on any atom is -0.387 e. The van der Waals surface area contributed by atoms with Crippen molar-refractivity contribution in [1.82, 2.24) is 4.98 Å². The fraction of sp³-hybridized carbons (Fsp3) is 0.545. The van der Waals surface area contributed by atoms with Crippen LogP contribution in [0, 0.1) is 0 Å². The van der Waals surface area contributed by atoms with Crippen molar-refractivity contribution >= 4 is 0 Å². The molecular formula is C11H15NO. The van der Waals surface area contributed by atoms with Crippen LogP contribution >= 0.6 is 0 Å². The van der Waals surface area contributed by atoms with Gasteiger partial charge in [-0.2, -0.15) is 0 Å². The lowest BCUT2D eigenvalue weighted by atomic mass is 10.1. The summed E-state index contributed by atoms with van der Waals surface area (Å²) >= 11 is 0. The molecule has 0 saturated heterocycles. The zero-order valence-corrected chi connectivity index (χ0v) is 7.95. The van der Waals surface area contributed by atoms with Crippen LogP contribution in [0.15, 0.2) is 12.1 Å². The summed E-state index contributed by atoms with van der Waals surface area (Å²) < 4.78 is 0. The van der Waals surface area contributed by atoms with E-state index in [0.717, 1.165) is 25.0 Å². The van der Waals surface area contributed by atoms with Crippen LogP contribution in [-0.2, 0) is 12.8 Å². The van der Waals surface area contributed by atoms with Gasteiger partial charge in [0.15, 0.2) is 0 Å². The predicted molar refractivity (Wildman–Crippen MR) is 51.5 cm³/mol. The molecule has 1 heterocycles. The Labute approximate surface area is 78.6 Å². The van der Waals surface area contributed by atoms with Gasteiger partial charge in [0.25, 0.3) is 0 Å². The van der Waals surface area contributed by atoms with Crippen LogP contribution in [0.5, 0.6) is 0 Å². The summed E-state index contributed by atoms with van der Waals surface area (Å²) in [6.07, 6.45) is 3.82. The molecule has 0 aliphatic heterocycles. The van der Waals surface area contributed by atoms with E-state index in [2.05, 4.69) is 11.1 Å². The highest BCUT2D eigenvalue weighted by atomic mass is 16.3. The van der Waals surface area contributed by atoms with E-state index in [-0.39, 0.29) is 6.10 Å². The molecule has 70 valence electrons. The Kier molecular flexibility index (Phi) is 2.32. The summed E-state index contributed by atoms with van der Waals surface area (Å²) in [4.78, 5) is 4.47. The van der Waals surface area contributed by atoms with Crippen molar-refractivity contribution in [2.75, 3.05) is 0 Å². The molecule has 0 aromatic carbocycles. The second kappa shape index (κ2) is 3.46. The molecule has 13 heavy (non-hydrogen) atoms. The first-order chi connectivity index (χ1) is 6.31. The van der Waals surface area contributed by atoms with E-state index >= 15 is 0 Å². The van der Waals surface area contributed by atoms with Gasteiger partial charge in [-0.3, -0.25) is 4.98 Å². The second-order valence-corrected chi connectivity index (χ2v) is 3.62. The average molecular weight is 177 g/mol. The molecule has 0 radical (unpaired) electrons. The van der Waals surface area contributed by atoms with Gasteiger partial charge in [0.05, 0.1) is 11.8 Å².